The van der Waals surface area contributed by atoms with Crippen molar-refractivity contribution in [3.63, 3.8) is 0 Å². The molecule has 4 rings (SSSR count). The van der Waals surface area contributed by atoms with Crippen molar-refractivity contribution in [2.24, 2.45) is 0 Å². The fourth-order valence-electron chi connectivity index (χ4n) is 3.24. The van der Waals surface area contributed by atoms with Crippen molar-refractivity contribution in [1.82, 2.24) is 10.6 Å². The van der Waals surface area contributed by atoms with E-state index in [9.17, 15) is 4.79 Å². The third-order valence-corrected chi connectivity index (χ3v) is 4.70. The fraction of sp³-hybridized carbons (Fsp3) is 0.227. The van der Waals surface area contributed by atoms with Gasteiger partial charge in [-0.25, -0.2) is 0 Å². The number of amides is 1. The third-order valence-electron chi connectivity index (χ3n) is 4.70. The van der Waals surface area contributed by atoms with E-state index < -0.39 is 0 Å². The summed E-state index contributed by atoms with van der Waals surface area (Å²) in [5.41, 5.74) is 2.00. The largest absolute Gasteiger partial charge is 0.467 e. The molecule has 0 fully saturated rings. The molecule has 2 N–H and O–H groups in total. The molecule has 2 heterocycles. The Balaban J connectivity index is 1.38. The minimum Gasteiger partial charge on any atom is -0.467 e. The van der Waals surface area contributed by atoms with Crippen molar-refractivity contribution in [3.8, 4) is 11.5 Å². The van der Waals surface area contributed by atoms with Crippen LogP contribution in [0.2, 0.25) is 0 Å². The van der Waals surface area contributed by atoms with Crippen LogP contribution in [0.15, 0.2) is 71.3 Å². The Morgan fingerprint density at radius 2 is 1.82 bits per heavy atom. The lowest BCUT2D eigenvalue weighted by Crippen LogP contribution is -2.37. The molecular weight excluding hydrogens is 356 g/mol. The van der Waals surface area contributed by atoms with E-state index in [-0.39, 0.29) is 31.3 Å². The number of ether oxygens (including phenoxy) is 2. The van der Waals surface area contributed by atoms with Gasteiger partial charge in [0.1, 0.15) is 5.76 Å². The maximum Gasteiger partial charge on any atom is 0.234 e. The first-order valence-electron chi connectivity index (χ1n) is 9.21. The van der Waals surface area contributed by atoms with E-state index in [1.165, 1.54) is 0 Å². The smallest absolute Gasteiger partial charge is 0.234 e. The van der Waals surface area contributed by atoms with Crippen LogP contribution < -0.4 is 20.1 Å². The van der Waals surface area contributed by atoms with E-state index in [4.69, 9.17) is 13.9 Å². The molecule has 144 valence electrons. The van der Waals surface area contributed by atoms with Gasteiger partial charge in [0.15, 0.2) is 11.5 Å². The van der Waals surface area contributed by atoms with Gasteiger partial charge in [-0.3, -0.25) is 10.1 Å². The predicted octanol–water partition coefficient (Wildman–Crippen LogP) is 3.56. The number of carbonyl (C=O) groups is 1. The summed E-state index contributed by atoms with van der Waals surface area (Å²) in [6, 6.07) is 19.0. The lowest BCUT2D eigenvalue weighted by atomic mass is 10.0. The average Bonchev–Trinajstić information content (AvgIpc) is 3.40. The third kappa shape index (κ3) is 4.02. The summed E-state index contributed by atoms with van der Waals surface area (Å²) < 4.78 is 16.3. The fourth-order valence-corrected chi connectivity index (χ4v) is 3.24. The van der Waals surface area contributed by atoms with Gasteiger partial charge in [0, 0.05) is 0 Å². The monoisotopic (exact) mass is 378 g/mol. The van der Waals surface area contributed by atoms with Crippen molar-refractivity contribution in [2.75, 3.05) is 13.3 Å². The van der Waals surface area contributed by atoms with Crippen LogP contribution in [0.5, 0.6) is 11.5 Å². The van der Waals surface area contributed by atoms with Gasteiger partial charge in [-0.05, 0) is 42.3 Å². The van der Waals surface area contributed by atoms with Gasteiger partial charge in [0.25, 0.3) is 0 Å². The number of hydrogen-bond acceptors (Lipinski definition) is 5. The van der Waals surface area contributed by atoms with Crippen molar-refractivity contribution < 1.29 is 18.7 Å². The summed E-state index contributed by atoms with van der Waals surface area (Å²) in [5.74, 6) is 2.10. The highest BCUT2D eigenvalue weighted by Crippen LogP contribution is 2.34. The number of hydrogen-bond donors (Lipinski definition) is 2. The van der Waals surface area contributed by atoms with Crippen LogP contribution in [0.25, 0.3) is 0 Å². The molecule has 0 spiro atoms. The minimum absolute atomic E-state index is 0.0994. The zero-order valence-electron chi connectivity index (χ0n) is 15.6. The summed E-state index contributed by atoms with van der Waals surface area (Å²) in [6.07, 6.45) is 1.63. The first kappa shape index (κ1) is 18.1. The maximum absolute atomic E-state index is 12.5. The number of fused-ring (bicyclic) bond motifs is 1. The van der Waals surface area contributed by atoms with E-state index in [0.717, 1.165) is 22.6 Å². The quantitative estimate of drug-likeness (QED) is 0.658. The molecule has 3 aromatic rings. The number of furan rings is 1. The lowest BCUT2D eigenvalue weighted by molar-refractivity contribution is -0.121. The molecule has 6 heteroatoms. The zero-order valence-corrected chi connectivity index (χ0v) is 15.6. The summed E-state index contributed by atoms with van der Waals surface area (Å²) in [7, 11) is 0. The highest BCUT2D eigenvalue weighted by Gasteiger charge is 2.19. The number of benzene rings is 2. The van der Waals surface area contributed by atoms with Crippen molar-refractivity contribution in [3.05, 3.63) is 83.8 Å². The standard InChI is InChI=1S/C22H22N2O4/c1-15(17-9-10-18-20(12-17)28-14-27-18)24-21(25)13-23-22(19-8-5-11-26-19)16-6-3-2-4-7-16/h2-12,15,22-23H,13-14H2,1H3,(H,24,25)/t15-,22-/m0/s1. The summed E-state index contributed by atoms with van der Waals surface area (Å²) in [4.78, 5) is 12.5. The second kappa shape index (κ2) is 8.19. The van der Waals surface area contributed by atoms with Crippen molar-refractivity contribution in [1.29, 1.82) is 0 Å². The van der Waals surface area contributed by atoms with Crippen LogP contribution in [0.4, 0.5) is 0 Å². The van der Waals surface area contributed by atoms with E-state index in [2.05, 4.69) is 10.6 Å². The number of carbonyl (C=O) groups excluding carboxylic acids is 1. The molecule has 0 saturated carbocycles. The van der Waals surface area contributed by atoms with Gasteiger partial charge < -0.3 is 19.2 Å². The van der Waals surface area contributed by atoms with E-state index in [1.54, 1.807) is 6.26 Å². The molecule has 2 atom stereocenters. The molecule has 0 aliphatic carbocycles. The highest BCUT2D eigenvalue weighted by atomic mass is 16.7. The molecule has 2 aromatic carbocycles. The Hall–Kier alpha value is -3.25. The second-order valence-electron chi connectivity index (χ2n) is 6.64. The Labute approximate surface area is 163 Å². The molecule has 1 aromatic heterocycles. The molecule has 1 aliphatic rings. The minimum atomic E-state index is -0.192. The first-order valence-corrected chi connectivity index (χ1v) is 9.21. The van der Waals surface area contributed by atoms with E-state index in [0.29, 0.717) is 5.75 Å². The molecular formula is C22H22N2O4. The van der Waals surface area contributed by atoms with Crippen LogP contribution in [-0.4, -0.2) is 19.2 Å². The SMILES string of the molecule is C[C@H](NC(=O)CN[C@@H](c1ccccc1)c1ccco1)c1ccc2c(c1)OCO2. The molecule has 1 aliphatic heterocycles. The Morgan fingerprint density at radius 1 is 1.00 bits per heavy atom. The second-order valence-corrected chi connectivity index (χ2v) is 6.64. The number of nitrogens with one attached hydrogen (secondary N) is 2. The van der Waals surface area contributed by atoms with Crippen molar-refractivity contribution >= 4 is 5.91 Å². The number of rotatable bonds is 7. The van der Waals surface area contributed by atoms with Gasteiger partial charge in [0.05, 0.1) is 24.9 Å². The lowest BCUT2D eigenvalue weighted by Gasteiger charge is -2.19. The summed E-state index contributed by atoms with van der Waals surface area (Å²) in [6.45, 7) is 2.34. The van der Waals surface area contributed by atoms with Gasteiger partial charge in [-0.1, -0.05) is 36.4 Å². The van der Waals surface area contributed by atoms with Crippen LogP contribution in [0.1, 0.15) is 35.9 Å². The van der Waals surface area contributed by atoms with Crippen LogP contribution in [0.3, 0.4) is 0 Å². The molecule has 28 heavy (non-hydrogen) atoms. The maximum atomic E-state index is 12.5. The Kier molecular flexibility index (Phi) is 5.30. The van der Waals surface area contributed by atoms with Crippen LogP contribution >= 0.6 is 0 Å². The highest BCUT2D eigenvalue weighted by molar-refractivity contribution is 5.78. The average molecular weight is 378 g/mol. The Bertz CT molecular complexity index is 925. The normalized spacial score (nSPS) is 14.5. The molecule has 0 radical (unpaired) electrons. The van der Waals surface area contributed by atoms with Gasteiger partial charge in [-0.15, -0.1) is 0 Å². The predicted molar refractivity (Wildman–Crippen MR) is 104 cm³/mol. The first-order chi connectivity index (χ1) is 13.7. The Morgan fingerprint density at radius 3 is 2.61 bits per heavy atom. The molecule has 6 nitrogen and oxygen atoms in total. The summed E-state index contributed by atoms with van der Waals surface area (Å²) in [5, 5.41) is 6.30. The summed E-state index contributed by atoms with van der Waals surface area (Å²) >= 11 is 0. The molecule has 0 unspecified atom stereocenters. The van der Waals surface area contributed by atoms with Crippen molar-refractivity contribution in [2.45, 2.75) is 19.0 Å². The van der Waals surface area contributed by atoms with E-state index >= 15 is 0 Å². The van der Waals surface area contributed by atoms with Crippen LogP contribution in [0, 0.1) is 0 Å². The van der Waals surface area contributed by atoms with Gasteiger partial charge in [0.2, 0.25) is 12.7 Å². The van der Waals surface area contributed by atoms with E-state index in [1.807, 2.05) is 67.6 Å². The van der Waals surface area contributed by atoms with Crippen LogP contribution in [-0.2, 0) is 4.79 Å². The van der Waals surface area contributed by atoms with Gasteiger partial charge >= 0.3 is 0 Å². The van der Waals surface area contributed by atoms with Gasteiger partial charge in [-0.2, -0.15) is 0 Å². The molecule has 0 bridgehead atoms. The molecule has 0 saturated heterocycles. The zero-order chi connectivity index (χ0) is 19.3. The topological polar surface area (TPSA) is 72.7 Å². The molecule has 1 amide bonds.